The summed E-state index contributed by atoms with van der Waals surface area (Å²) in [5, 5.41) is 71.9. The third-order valence-electron chi connectivity index (χ3n) is 9.89. The normalized spacial score (nSPS) is 32.1. The lowest BCUT2D eigenvalue weighted by Crippen LogP contribution is -2.64. The van der Waals surface area contributed by atoms with Gasteiger partial charge in [0, 0.05) is 0 Å². The monoisotopic (exact) mass is 678 g/mol. The van der Waals surface area contributed by atoms with E-state index in [2.05, 4.69) is 13.8 Å². The van der Waals surface area contributed by atoms with Crippen molar-refractivity contribution in [2.45, 2.75) is 204 Å². The van der Waals surface area contributed by atoms with Crippen molar-refractivity contribution in [3.05, 3.63) is 0 Å². The minimum Gasteiger partial charge on any atom is -0.394 e. The van der Waals surface area contributed by atoms with Gasteiger partial charge in [-0.15, -0.1) is 0 Å². The first kappa shape index (κ1) is 42.7. The predicted molar refractivity (Wildman–Crippen MR) is 180 cm³/mol. The van der Waals surface area contributed by atoms with Crippen LogP contribution in [0.1, 0.15) is 142 Å². The van der Waals surface area contributed by atoms with Crippen LogP contribution in [0, 0.1) is 5.92 Å². The molecule has 2 heterocycles. The zero-order valence-electron chi connectivity index (χ0n) is 29.4. The summed E-state index contributed by atoms with van der Waals surface area (Å²) < 4.78 is 23.0. The third kappa shape index (κ3) is 15.6. The fourth-order valence-electron chi connectivity index (χ4n) is 6.72. The molecule has 0 aromatic carbocycles. The van der Waals surface area contributed by atoms with Gasteiger partial charge in [-0.25, -0.2) is 0 Å². The van der Waals surface area contributed by atoms with Crippen LogP contribution in [0.3, 0.4) is 0 Å². The molecule has 0 amide bonds. The van der Waals surface area contributed by atoms with Gasteiger partial charge in [-0.3, -0.25) is 0 Å². The van der Waals surface area contributed by atoms with E-state index in [-0.39, 0.29) is 5.92 Å². The Labute approximate surface area is 284 Å². The number of rotatable bonds is 27. The van der Waals surface area contributed by atoms with E-state index in [9.17, 15) is 35.7 Å². The summed E-state index contributed by atoms with van der Waals surface area (Å²) in [6.07, 6.45) is 10.3. The summed E-state index contributed by atoms with van der Waals surface area (Å²) in [4.78, 5) is 0. The highest BCUT2D eigenvalue weighted by atomic mass is 16.7. The zero-order chi connectivity index (χ0) is 34.4. The maximum atomic E-state index is 11.0. The van der Waals surface area contributed by atoms with Gasteiger partial charge in [0.05, 0.1) is 19.8 Å². The van der Waals surface area contributed by atoms with Crippen LogP contribution in [-0.4, -0.2) is 117 Å². The van der Waals surface area contributed by atoms with Crippen molar-refractivity contribution in [2.24, 2.45) is 5.92 Å². The SMILES string of the molecule is CCCCCCCCCCCCC(CCCCCCCCCC)CO[C@H]1O[C@H](CO)[C@@H](O[C@H]2O[C@H](CO)[C@@H](O)[C@H](O)[C@H]2O)[C@H](O)[C@H]1O. The maximum absolute atomic E-state index is 11.0. The Bertz CT molecular complexity index is 742. The molecule has 0 radical (unpaired) electrons. The third-order valence-corrected chi connectivity index (χ3v) is 9.89. The largest absolute Gasteiger partial charge is 0.394 e. The number of hydrogen-bond acceptors (Lipinski definition) is 11. The van der Waals surface area contributed by atoms with E-state index in [1.807, 2.05) is 0 Å². The average Bonchev–Trinajstić information content (AvgIpc) is 3.07. The van der Waals surface area contributed by atoms with Gasteiger partial charge in [-0.2, -0.15) is 0 Å². The van der Waals surface area contributed by atoms with Crippen molar-refractivity contribution in [2.75, 3.05) is 19.8 Å². The van der Waals surface area contributed by atoms with Crippen molar-refractivity contribution in [3.63, 3.8) is 0 Å². The topological polar surface area (TPSA) is 179 Å². The van der Waals surface area contributed by atoms with Crippen molar-refractivity contribution in [1.82, 2.24) is 0 Å². The Morgan fingerprint density at radius 3 is 1.38 bits per heavy atom. The second-order valence-corrected chi connectivity index (χ2v) is 13.9. The van der Waals surface area contributed by atoms with Crippen LogP contribution in [0.25, 0.3) is 0 Å². The standard InChI is InChI=1S/C36H70O11/c1-3-5-7-9-11-13-14-16-18-20-22-26(21-19-17-15-12-10-8-6-4-2)25-44-35-33(43)31(41)34(28(24-38)46-35)47-36-32(42)30(40)29(39)27(23-37)45-36/h26-43H,3-25H2,1-2H3/t26?,27-,28-,29-,30+,31-,32-,33-,34-,35+,36-/m1/s1. The summed E-state index contributed by atoms with van der Waals surface area (Å²) in [6.45, 7) is 3.61. The fourth-order valence-corrected chi connectivity index (χ4v) is 6.72. The lowest BCUT2D eigenvalue weighted by Gasteiger charge is -2.46. The molecule has 0 saturated carbocycles. The minimum atomic E-state index is -1.70. The first-order chi connectivity index (χ1) is 22.8. The smallest absolute Gasteiger partial charge is 0.187 e. The second kappa shape index (κ2) is 25.5. The Hall–Kier alpha value is -0.440. The Morgan fingerprint density at radius 2 is 0.915 bits per heavy atom. The molecule has 0 bridgehead atoms. The fraction of sp³-hybridized carbons (Fsp3) is 1.00. The molecule has 0 spiro atoms. The highest BCUT2D eigenvalue weighted by Crippen LogP contribution is 2.30. The molecule has 2 fully saturated rings. The molecule has 11 heteroatoms. The van der Waals surface area contributed by atoms with Gasteiger partial charge in [0.2, 0.25) is 0 Å². The van der Waals surface area contributed by atoms with E-state index >= 15 is 0 Å². The molecule has 1 unspecified atom stereocenters. The summed E-state index contributed by atoms with van der Waals surface area (Å²) in [5.41, 5.74) is 0. The van der Waals surface area contributed by atoms with Crippen LogP contribution >= 0.6 is 0 Å². The molecule has 280 valence electrons. The van der Waals surface area contributed by atoms with Gasteiger partial charge in [-0.1, -0.05) is 129 Å². The van der Waals surface area contributed by atoms with Gasteiger partial charge < -0.3 is 54.7 Å². The van der Waals surface area contributed by atoms with Crippen LogP contribution < -0.4 is 0 Å². The first-order valence-corrected chi connectivity index (χ1v) is 19.0. The van der Waals surface area contributed by atoms with Crippen molar-refractivity contribution >= 4 is 0 Å². The van der Waals surface area contributed by atoms with Gasteiger partial charge in [0.15, 0.2) is 12.6 Å². The van der Waals surface area contributed by atoms with Crippen LogP contribution in [0.15, 0.2) is 0 Å². The molecule has 47 heavy (non-hydrogen) atoms. The summed E-state index contributed by atoms with van der Waals surface area (Å²) in [6, 6.07) is 0. The van der Waals surface area contributed by atoms with Crippen molar-refractivity contribution < 1.29 is 54.7 Å². The van der Waals surface area contributed by atoms with E-state index in [0.717, 1.165) is 25.7 Å². The highest BCUT2D eigenvalue weighted by Gasteiger charge is 2.50. The lowest BCUT2D eigenvalue weighted by atomic mass is 9.94. The summed E-state index contributed by atoms with van der Waals surface area (Å²) >= 11 is 0. The number of unbranched alkanes of at least 4 members (excludes halogenated alkanes) is 16. The number of aliphatic hydroxyl groups excluding tert-OH is 7. The molecule has 2 aliphatic rings. The van der Waals surface area contributed by atoms with Crippen LogP contribution in [0.4, 0.5) is 0 Å². The van der Waals surface area contributed by atoms with Gasteiger partial charge in [-0.05, 0) is 18.8 Å². The van der Waals surface area contributed by atoms with E-state index in [4.69, 9.17) is 18.9 Å². The molecule has 11 nitrogen and oxygen atoms in total. The lowest BCUT2D eigenvalue weighted by molar-refractivity contribution is -0.360. The molecule has 7 N–H and O–H groups in total. The number of aliphatic hydroxyl groups is 7. The number of hydrogen-bond donors (Lipinski definition) is 7. The Balaban J connectivity index is 1.87. The number of ether oxygens (including phenoxy) is 4. The first-order valence-electron chi connectivity index (χ1n) is 19.0. The molecule has 2 aliphatic heterocycles. The van der Waals surface area contributed by atoms with E-state index in [0.29, 0.717) is 6.61 Å². The van der Waals surface area contributed by atoms with Gasteiger partial charge in [0.1, 0.15) is 48.8 Å². The molecular formula is C36H70O11. The van der Waals surface area contributed by atoms with Crippen molar-refractivity contribution in [3.8, 4) is 0 Å². The highest BCUT2D eigenvalue weighted by molar-refractivity contribution is 4.94. The van der Waals surface area contributed by atoms with Crippen LogP contribution in [-0.2, 0) is 18.9 Å². The maximum Gasteiger partial charge on any atom is 0.187 e. The molecule has 0 aliphatic carbocycles. The van der Waals surface area contributed by atoms with Crippen LogP contribution in [0.2, 0.25) is 0 Å². The molecular weight excluding hydrogens is 608 g/mol. The zero-order valence-corrected chi connectivity index (χ0v) is 29.4. The van der Waals surface area contributed by atoms with Gasteiger partial charge >= 0.3 is 0 Å². The molecule has 2 rings (SSSR count). The van der Waals surface area contributed by atoms with Crippen LogP contribution in [0.5, 0.6) is 0 Å². The second-order valence-electron chi connectivity index (χ2n) is 13.9. The van der Waals surface area contributed by atoms with E-state index < -0.39 is 74.6 Å². The average molecular weight is 679 g/mol. The van der Waals surface area contributed by atoms with E-state index in [1.54, 1.807) is 0 Å². The minimum absolute atomic E-state index is 0.285. The quantitative estimate of drug-likeness (QED) is 0.0623. The Kier molecular flexibility index (Phi) is 23.2. The Morgan fingerprint density at radius 1 is 0.489 bits per heavy atom. The summed E-state index contributed by atoms with van der Waals surface area (Å²) in [7, 11) is 0. The molecule has 0 aromatic rings. The van der Waals surface area contributed by atoms with Crippen molar-refractivity contribution in [1.29, 1.82) is 0 Å². The molecule has 11 atom stereocenters. The summed E-state index contributed by atoms with van der Waals surface area (Å²) in [5.74, 6) is 0.285. The predicted octanol–water partition coefficient (Wildman–Crippen LogP) is 4.09. The van der Waals surface area contributed by atoms with Gasteiger partial charge in [0.25, 0.3) is 0 Å². The van der Waals surface area contributed by atoms with E-state index in [1.165, 1.54) is 103 Å². The molecule has 2 saturated heterocycles. The molecule has 0 aromatic heterocycles.